The molecular weight excluding hydrogens is 496 g/mol. The van der Waals surface area contributed by atoms with Crippen molar-refractivity contribution in [1.29, 1.82) is 0 Å². The predicted octanol–water partition coefficient (Wildman–Crippen LogP) is 5.83. The highest BCUT2D eigenvalue weighted by atomic mass is 32.2. The molecule has 1 saturated heterocycles. The first-order valence-electron chi connectivity index (χ1n) is 12.3. The van der Waals surface area contributed by atoms with Gasteiger partial charge in [0.1, 0.15) is 23.9 Å². The molecule has 3 aromatic carbocycles. The largest absolute Gasteiger partial charge is 0.496 e. The molecule has 8 heteroatoms. The van der Waals surface area contributed by atoms with E-state index in [9.17, 15) is 18.7 Å². The lowest BCUT2D eigenvalue weighted by Gasteiger charge is -2.37. The van der Waals surface area contributed by atoms with E-state index in [2.05, 4.69) is 4.90 Å². The number of carboxylic acids is 1. The first-order chi connectivity index (χ1) is 18.0. The van der Waals surface area contributed by atoms with Crippen molar-refractivity contribution in [2.75, 3.05) is 45.8 Å². The lowest BCUT2D eigenvalue weighted by Crippen LogP contribution is -2.49. The second kappa shape index (κ2) is 11.1. The molecule has 0 saturated carbocycles. The van der Waals surface area contributed by atoms with Crippen LogP contribution in [0.2, 0.25) is 0 Å². The van der Waals surface area contributed by atoms with Crippen molar-refractivity contribution < 1.29 is 28.2 Å². The zero-order valence-corrected chi connectivity index (χ0v) is 21.3. The Labute approximate surface area is 219 Å². The number of alkyl halides is 1. The molecule has 2 aliphatic rings. The van der Waals surface area contributed by atoms with E-state index in [1.807, 2.05) is 30.3 Å². The van der Waals surface area contributed by atoms with Gasteiger partial charge < -0.3 is 14.6 Å². The number of ether oxygens (including phenoxy) is 2. The van der Waals surface area contributed by atoms with Crippen LogP contribution in [-0.2, 0) is 0 Å². The number of carbonyl (C=O) groups is 1. The minimum absolute atomic E-state index is 0.00892. The molecule has 0 aliphatic carbocycles. The molecule has 3 aromatic rings. The van der Waals surface area contributed by atoms with Gasteiger partial charge in [-0.05, 0) is 47.0 Å². The van der Waals surface area contributed by atoms with Gasteiger partial charge in [0.25, 0.3) is 0 Å². The van der Waals surface area contributed by atoms with Crippen LogP contribution in [0, 0.1) is 11.7 Å². The summed E-state index contributed by atoms with van der Waals surface area (Å²) in [6.07, 6.45) is 0. The smallest absolute Gasteiger partial charge is 0.335 e. The fraction of sp³-hybridized carbons (Fsp3) is 0.345. The van der Waals surface area contributed by atoms with Crippen molar-refractivity contribution in [1.82, 2.24) is 4.90 Å². The molecule has 0 aromatic heterocycles. The number of rotatable bonds is 9. The Bertz CT molecular complexity index is 1260. The van der Waals surface area contributed by atoms with Crippen LogP contribution in [-0.4, -0.2) is 61.8 Å². The number of likely N-dealkylation sites (tertiary alicyclic amines) is 1. The average molecular weight is 526 g/mol. The zero-order valence-electron chi connectivity index (χ0n) is 20.5. The van der Waals surface area contributed by atoms with Crippen LogP contribution in [0.3, 0.4) is 0 Å². The van der Waals surface area contributed by atoms with E-state index in [0.717, 1.165) is 47.0 Å². The molecule has 0 radical (unpaired) electrons. The second-order valence-electron chi connectivity index (χ2n) is 9.54. The van der Waals surface area contributed by atoms with Crippen LogP contribution in [0.1, 0.15) is 38.9 Å². The summed E-state index contributed by atoms with van der Waals surface area (Å²) in [6.45, 7) is 2.62. The molecule has 194 valence electrons. The normalized spacial score (nSPS) is 19.6. The van der Waals surface area contributed by atoms with Gasteiger partial charge in [0.2, 0.25) is 0 Å². The molecule has 2 unspecified atom stereocenters. The zero-order chi connectivity index (χ0) is 25.9. The van der Waals surface area contributed by atoms with E-state index in [0.29, 0.717) is 18.1 Å². The van der Waals surface area contributed by atoms with Crippen molar-refractivity contribution in [2.45, 2.75) is 16.7 Å². The molecule has 0 bridgehead atoms. The van der Waals surface area contributed by atoms with Gasteiger partial charge in [-0.25, -0.2) is 9.18 Å². The molecule has 2 heterocycles. The fourth-order valence-electron chi connectivity index (χ4n) is 5.24. The first-order valence-corrected chi connectivity index (χ1v) is 13.3. The van der Waals surface area contributed by atoms with Crippen LogP contribution in [0.5, 0.6) is 11.5 Å². The Morgan fingerprint density at radius 3 is 2.54 bits per heavy atom. The summed E-state index contributed by atoms with van der Waals surface area (Å²) in [5.41, 5.74) is 3.26. The highest BCUT2D eigenvalue weighted by Gasteiger charge is 2.35. The summed E-state index contributed by atoms with van der Waals surface area (Å²) in [4.78, 5) is 14.7. The molecule has 2 atom stereocenters. The summed E-state index contributed by atoms with van der Waals surface area (Å²) in [5.74, 6) is 0.716. The number of thioether (sulfide) groups is 1. The molecule has 2 aliphatic heterocycles. The van der Waals surface area contributed by atoms with E-state index < -0.39 is 5.97 Å². The maximum atomic E-state index is 14.0. The summed E-state index contributed by atoms with van der Waals surface area (Å²) < 4.78 is 38.1. The van der Waals surface area contributed by atoms with Gasteiger partial charge in [-0.2, -0.15) is 0 Å². The fourth-order valence-corrected chi connectivity index (χ4v) is 6.54. The Hall–Kier alpha value is -3.10. The van der Waals surface area contributed by atoms with Crippen LogP contribution < -0.4 is 9.47 Å². The third kappa shape index (κ3) is 5.45. The quantitative estimate of drug-likeness (QED) is 0.379. The average Bonchev–Trinajstić information content (AvgIpc) is 2.89. The number of hydrogen-bond donors (Lipinski definition) is 1. The summed E-state index contributed by atoms with van der Waals surface area (Å²) >= 11 is 1.61. The molecule has 1 fully saturated rings. The lowest BCUT2D eigenvalue weighted by atomic mass is 9.77. The van der Waals surface area contributed by atoms with Crippen molar-refractivity contribution >= 4 is 17.7 Å². The Morgan fingerprint density at radius 2 is 1.84 bits per heavy atom. The van der Waals surface area contributed by atoms with Gasteiger partial charge in [0.15, 0.2) is 0 Å². The van der Waals surface area contributed by atoms with Crippen LogP contribution in [0.15, 0.2) is 65.6 Å². The van der Waals surface area contributed by atoms with Gasteiger partial charge in [-0.1, -0.05) is 24.3 Å². The molecule has 0 amide bonds. The lowest BCUT2D eigenvalue weighted by molar-refractivity contribution is 0.0668. The standard InChI is InChI=1S/C29H29F2NO4S/c1-35-26-13-21(31)5-9-23(26)25-17-37-27-12-20(29(33)34)4-8-24(27)28(25)19-2-6-22(7-3-19)36-11-10-32-15-18(14-30)16-32/h2-9,12-13,18,25,28H,10-11,14-17H2,1H3,(H,33,34). The van der Waals surface area contributed by atoms with E-state index in [1.54, 1.807) is 37.1 Å². The minimum atomic E-state index is -0.956. The highest BCUT2D eigenvalue weighted by molar-refractivity contribution is 7.99. The van der Waals surface area contributed by atoms with Gasteiger partial charge in [-0.3, -0.25) is 9.29 Å². The number of carboxylic acid groups (broad SMARTS) is 1. The topological polar surface area (TPSA) is 59.0 Å². The van der Waals surface area contributed by atoms with Crippen molar-refractivity contribution in [3.63, 3.8) is 0 Å². The van der Waals surface area contributed by atoms with Gasteiger partial charge in [0, 0.05) is 54.1 Å². The summed E-state index contributed by atoms with van der Waals surface area (Å²) in [5, 5.41) is 9.48. The SMILES string of the molecule is COc1cc(F)ccc1C1CSc2cc(C(=O)O)ccc2C1c1ccc(OCCN2CC(CF)C2)cc1. The van der Waals surface area contributed by atoms with E-state index >= 15 is 0 Å². The molecule has 1 N–H and O–H groups in total. The van der Waals surface area contributed by atoms with E-state index in [-0.39, 0.29) is 35.8 Å². The Morgan fingerprint density at radius 1 is 1.08 bits per heavy atom. The monoisotopic (exact) mass is 525 g/mol. The molecule has 37 heavy (non-hydrogen) atoms. The van der Waals surface area contributed by atoms with Crippen molar-refractivity contribution in [3.05, 3.63) is 88.7 Å². The van der Waals surface area contributed by atoms with Gasteiger partial charge in [-0.15, -0.1) is 11.8 Å². The molecule has 5 nitrogen and oxygen atoms in total. The number of fused-ring (bicyclic) bond motifs is 1. The Balaban J connectivity index is 1.41. The number of methoxy groups -OCH3 is 1. The van der Waals surface area contributed by atoms with E-state index in [1.165, 1.54) is 12.1 Å². The molecular formula is C29H29F2NO4S. The first kappa shape index (κ1) is 25.5. The number of hydrogen-bond acceptors (Lipinski definition) is 5. The van der Waals surface area contributed by atoms with Crippen molar-refractivity contribution in [2.24, 2.45) is 5.92 Å². The third-order valence-corrected chi connectivity index (χ3v) is 8.37. The molecule has 5 rings (SSSR count). The predicted molar refractivity (Wildman–Crippen MR) is 140 cm³/mol. The third-order valence-electron chi connectivity index (χ3n) is 7.18. The van der Waals surface area contributed by atoms with Gasteiger partial charge in [0.05, 0.1) is 19.3 Å². The second-order valence-corrected chi connectivity index (χ2v) is 10.6. The number of benzene rings is 3. The van der Waals surface area contributed by atoms with Crippen LogP contribution >= 0.6 is 11.8 Å². The molecule has 0 spiro atoms. The summed E-state index contributed by atoms with van der Waals surface area (Å²) in [6, 6.07) is 17.9. The number of nitrogens with zero attached hydrogens (tertiary/aromatic N) is 1. The maximum Gasteiger partial charge on any atom is 0.335 e. The highest BCUT2D eigenvalue weighted by Crippen LogP contribution is 2.51. The van der Waals surface area contributed by atoms with Crippen LogP contribution in [0.25, 0.3) is 0 Å². The number of aromatic carboxylic acids is 1. The van der Waals surface area contributed by atoms with E-state index in [4.69, 9.17) is 9.47 Å². The van der Waals surface area contributed by atoms with Gasteiger partial charge >= 0.3 is 5.97 Å². The van der Waals surface area contributed by atoms with Crippen LogP contribution in [0.4, 0.5) is 8.78 Å². The Kier molecular flexibility index (Phi) is 7.67. The maximum absolute atomic E-state index is 14.0. The summed E-state index contributed by atoms with van der Waals surface area (Å²) in [7, 11) is 1.54. The van der Waals surface area contributed by atoms with Crippen molar-refractivity contribution in [3.8, 4) is 11.5 Å². The number of halogens is 2. The minimum Gasteiger partial charge on any atom is -0.496 e.